The highest BCUT2D eigenvalue weighted by molar-refractivity contribution is 6.06. The molecule has 2 aliphatic rings. The first-order valence-corrected chi connectivity index (χ1v) is 11.5. The number of nitrogens with zero attached hydrogens (tertiary/aromatic N) is 3. The van der Waals surface area contributed by atoms with Crippen LogP contribution in [0.1, 0.15) is 36.2 Å². The maximum atomic E-state index is 15.2. The number of anilines is 2. The maximum Gasteiger partial charge on any atom is 0.261 e. The summed E-state index contributed by atoms with van der Waals surface area (Å²) in [6.45, 7) is 6.07. The van der Waals surface area contributed by atoms with Crippen molar-refractivity contribution in [2.24, 2.45) is 0 Å². The van der Waals surface area contributed by atoms with Crippen LogP contribution in [-0.4, -0.2) is 48.1 Å². The topological polar surface area (TPSA) is 57.6 Å². The smallest absolute Gasteiger partial charge is 0.261 e. The first-order chi connectivity index (χ1) is 16.4. The molecule has 1 aromatic heterocycles. The number of piperazine rings is 1. The van der Waals surface area contributed by atoms with E-state index < -0.39 is 28.8 Å². The molecule has 1 saturated heterocycles. The molecule has 2 fully saturated rings. The number of carbonyl (C=O) groups is 1. The molecule has 9 heteroatoms. The van der Waals surface area contributed by atoms with E-state index in [2.05, 4.69) is 17.1 Å². The minimum absolute atomic E-state index is 0.0905. The number of carbonyl (C=O) groups excluding carboxylic acids is 1. The number of hydrogen-bond donors (Lipinski definition) is 1. The highest BCUT2D eigenvalue weighted by Crippen LogP contribution is 2.38. The SMILES string of the molecule is CCN1CCN(c2cc3c(cc2F)c(=O)c(C(=O)Nc2cc(F)ccc2F)cn3C2CC2)CC1. The Morgan fingerprint density at radius 3 is 2.44 bits per heavy atom. The lowest BCUT2D eigenvalue weighted by molar-refractivity contribution is 0.102. The van der Waals surface area contributed by atoms with Crippen LogP contribution >= 0.6 is 0 Å². The number of aromatic nitrogens is 1. The zero-order valence-electron chi connectivity index (χ0n) is 18.8. The van der Waals surface area contributed by atoms with Crippen molar-refractivity contribution in [1.82, 2.24) is 9.47 Å². The van der Waals surface area contributed by atoms with Crippen LogP contribution in [0.25, 0.3) is 10.9 Å². The third-order valence-corrected chi connectivity index (χ3v) is 6.62. The van der Waals surface area contributed by atoms with Gasteiger partial charge in [0.25, 0.3) is 5.91 Å². The van der Waals surface area contributed by atoms with Crippen LogP contribution in [0.15, 0.2) is 41.3 Å². The van der Waals surface area contributed by atoms with Crippen molar-refractivity contribution in [1.29, 1.82) is 0 Å². The molecule has 1 aliphatic heterocycles. The van der Waals surface area contributed by atoms with Gasteiger partial charge in [-0.05, 0) is 43.7 Å². The minimum atomic E-state index is -0.869. The molecule has 0 bridgehead atoms. The van der Waals surface area contributed by atoms with E-state index in [0.717, 1.165) is 50.7 Å². The van der Waals surface area contributed by atoms with Crippen molar-refractivity contribution in [3.63, 3.8) is 0 Å². The predicted molar refractivity (Wildman–Crippen MR) is 125 cm³/mol. The molecule has 0 atom stereocenters. The fraction of sp³-hybridized carbons (Fsp3) is 0.360. The van der Waals surface area contributed by atoms with Gasteiger partial charge in [0, 0.05) is 49.9 Å². The number of nitrogens with one attached hydrogen (secondary N) is 1. The van der Waals surface area contributed by atoms with Gasteiger partial charge in [-0.3, -0.25) is 9.59 Å². The Bertz CT molecular complexity index is 1330. The second-order valence-electron chi connectivity index (χ2n) is 8.83. The largest absolute Gasteiger partial charge is 0.367 e. The van der Waals surface area contributed by atoms with E-state index in [1.54, 1.807) is 6.07 Å². The Hall–Kier alpha value is -3.33. The van der Waals surface area contributed by atoms with Crippen molar-refractivity contribution in [2.45, 2.75) is 25.8 Å². The number of hydrogen-bond acceptors (Lipinski definition) is 4. The maximum absolute atomic E-state index is 15.2. The van der Waals surface area contributed by atoms with E-state index >= 15 is 4.39 Å². The molecular formula is C25H25F3N4O2. The zero-order chi connectivity index (χ0) is 24.0. The van der Waals surface area contributed by atoms with E-state index in [4.69, 9.17) is 0 Å². The van der Waals surface area contributed by atoms with Gasteiger partial charge in [-0.15, -0.1) is 0 Å². The first kappa shape index (κ1) is 22.5. The summed E-state index contributed by atoms with van der Waals surface area (Å²) in [6, 6.07) is 5.65. The number of pyridine rings is 1. The Balaban J connectivity index is 1.55. The number of likely N-dealkylation sites (N-methyl/N-ethyl adjacent to an activating group) is 1. The van der Waals surface area contributed by atoms with E-state index in [-0.39, 0.29) is 22.7 Å². The summed E-state index contributed by atoms with van der Waals surface area (Å²) in [7, 11) is 0. The van der Waals surface area contributed by atoms with E-state index in [1.807, 2.05) is 9.47 Å². The summed E-state index contributed by atoms with van der Waals surface area (Å²) in [5.41, 5.74) is -0.254. The summed E-state index contributed by atoms with van der Waals surface area (Å²) in [6.07, 6.45) is 3.20. The molecule has 2 heterocycles. The van der Waals surface area contributed by atoms with Gasteiger partial charge in [0.15, 0.2) is 0 Å². The summed E-state index contributed by atoms with van der Waals surface area (Å²) in [5, 5.41) is 2.36. The molecule has 1 amide bonds. The molecular weight excluding hydrogens is 445 g/mol. The van der Waals surface area contributed by atoms with Crippen LogP contribution in [0, 0.1) is 17.5 Å². The van der Waals surface area contributed by atoms with Crippen LogP contribution < -0.4 is 15.6 Å². The van der Waals surface area contributed by atoms with Gasteiger partial charge >= 0.3 is 0 Å². The summed E-state index contributed by atoms with van der Waals surface area (Å²) in [4.78, 5) is 30.4. The molecule has 0 spiro atoms. The van der Waals surface area contributed by atoms with Crippen LogP contribution in [0.4, 0.5) is 24.5 Å². The second-order valence-corrected chi connectivity index (χ2v) is 8.83. The van der Waals surface area contributed by atoms with Crippen LogP contribution in [-0.2, 0) is 0 Å². The second kappa shape index (κ2) is 8.79. The van der Waals surface area contributed by atoms with E-state index in [0.29, 0.717) is 24.3 Å². The third-order valence-electron chi connectivity index (χ3n) is 6.62. The number of benzene rings is 2. The van der Waals surface area contributed by atoms with Gasteiger partial charge in [-0.25, -0.2) is 13.2 Å². The van der Waals surface area contributed by atoms with Crippen molar-refractivity contribution in [3.8, 4) is 0 Å². The fourth-order valence-electron chi connectivity index (χ4n) is 4.51. The number of halogens is 3. The van der Waals surface area contributed by atoms with Gasteiger partial charge in [-0.2, -0.15) is 0 Å². The van der Waals surface area contributed by atoms with Crippen LogP contribution in [0.5, 0.6) is 0 Å². The van der Waals surface area contributed by atoms with Gasteiger partial charge in [0.2, 0.25) is 5.43 Å². The summed E-state index contributed by atoms with van der Waals surface area (Å²) in [5.74, 6) is -2.94. The monoisotopic (exact) mass is 470 g/mol. The lowest BCUT2D eigenvalue weighted by Gasteiger charge is -2.35. The lowest BCUT2D eigenvalue weighted by atomic mass is 10.1. The molecule has 5 rings (SSSR count). The molecule has 0 unspecified atom stereocenters. The van der Waals surface area contributed by atoms with Crippen LogP contribution in [0.2, 0.25) is 0 Å². The summed E-state index contributed by atoms with van der Waals surface area (Å²) >= 11 is 0. The fourth-order valence-corrected chi connectivity index (χ4v) is 4.51. The molecule has 2 aromatic carbocycles. The molecule has 178 valence electrons. The highest BCUT2D eigenvalue weighted by atomic mass is 19.1. The normalized spacial score (nSPS) is 16.8. The number of rotatable bonds is 5. The third kappa shape index (κ3) is 4.16. The Morgan fingerprint density at radius 1 is 1.03 bits per heavy atom. The molecule has 1 N–H and O–H groups in total. The Kier molecular flexibility index (Phi) is 5.81. The Morgan fingerprint density at radius 2 is 1.76 bits per heavy atom. The van der Waals surface area contributed by atoms with Crippen molar-refractivity contribution < 1.29 is 18.0 Å². The molecule has 1 saturated carbocycles. The lowest BCUT2D eigenvalue weighted by Crippen LogP contribution is -2.46. The summed E-state index contributed by atoms with van der Waals surface area (Å²) < 4.78 is 44.6. The number of fused-ring (bicyclic) bond motifs is 1. The van der Waals surface area contributed by atoms with E-state index in [1.165, 1.54) is 12.3 Å². The standard InChI is InChI=1S/C25H25F3N4O2/c1-2-30-7-9-31(10-8-30)23-13-22-17(12-20(23)28)24(33)18(14-32(22)16-4-5-16)25(34)29-21-11-15(26)3-6-19(21)27/h3,6,11-14,16H,2,4-5,7-10H2,1H3,(H,29,34). The van der Waals surface area contributed by atoms with Crippen LogP contribution in [0.3, 0.4) is 0 Å². The zero-order valence-corrected chi connectivity index (χ0v) is 18.8. The Labute approximate surface area is 194 Å². The highest BCUT2D eigenvalue weighted by Gasteiger charge is 2.28. The molecule has 0 radical (unpaired) electrons. The predicted octanol–water partition coefficient (Wildman–Crippen LogP) is 4.15. The molecule has 34 heavy (non-hydrogen) atoms. The number of amides is 1. The van der Waals surface area contributed by atoms with E-state index in [9.17, 15) is 18.4 Å². The van der Waals surface area contributed by atoms with Gasteiger partial charge < -0.3 is 19.7 Å². The molecule has 3 aromatic rings. The first-order valence-electron chi connectivity index (χ1n) is 11.5. The average Bonchev–Trinajstić information content (AvgIpc) is 3.67. The van der Waals surface area contributed by atoms with Gasteiger partial charge in [-0.1, -0.05) is 6.92 Å². The van der Waals surface area contributed by atoms with Crippen molar-refractivity contribution in [3.05, 3.63) is 69.8 Å². The van der Waals surface area contributed by atoms with Gasteiger partial charge in [0.1, 0.15) is 23.0 Å². The quantitative estimate of drug-likeness (QED) is 0.609. The average molecular weight is 470 g/mol. The molecule has 6 nitrogen and oxygen atoms in total. The van der Waals surface area contributed by atoms with Gasteiger partial charge in [0.05, 0.1) is 16.9 Å². The molecule has 1 aliphatic carbocycles. The minimum Gasteiger partial charge on any atom is -0.367 e. The van der Waals surface area contributed by atoms with Crippen molar-refractivity contribution in [2.75, 3.05) is 42.9 Å². The van der Waals surface area contributed by atoms with Crippen molar-refractivity contribution >= 4 is 28.2 Å².